The Bertz CT molecular complexity index is 734. The Morgan fingerprint density at radius 1 is 1.28 bits per heavy atom. The number of esters is 1. The summed E-state index contributed by atoms with van der Waals surface area (Å²) in [4.78, 5) is 40.1. The van der Waals surface area contributed by atoms with Crippen molar-refractivity contribution in [3.63, 3.8) is 0 Å². The van der Waals surface area contributed by atoms with E-state index in [1.54, 1.807) is 24.8 Å². The fourth-order valence-electron chi connectivity index (χ4n) is 3.93. The number of amides is 2. The van der Waals surface area contributed by atoms with Gasteiger partial charge in [0.1, 0.15) is 5.76 Å². The number of carbonyl (C=O) groups is 3. The summed E-state index contributed by atoms with van der Waals surface area (Å²) in [6.07, 6.45) is 2.42. The molecule has 9 heteroatoms. The van der Waals surface area contributed by atoms with E-state index in [4.69, 9.17) is 14.0 Å². The van der Waals surface area contributed by atoms with E-state index in [1.165, 1.54) is 0 Å². The number of morpholine rings is 1. The van der Waals surface area contributed by atoms with Crippen molar-refractivity contribution in [3.8, 4) is 0 Å². The van der Waals surface area contributed by atoms with E-state index in [9.17, 15) is 14.4 Å². The lowest BCUT2D eigenvalue weighted by molar-refractivity contribution is -0.167. The van der Waals surface area contributed by atoms with Crippen LogP contribution in [0.2, 0.25) is 0 Å². The van der Waals surface area contributed by atoms with Crippen LogP contribution in [-0.2, 0) is 23.9 Å². The van der Waals surface area contributed by atoms with E-state index < -0.39 is 23.4 Å². The summed E-state index contributed by atoms with van der Waals surface area (Å²) in [6.45, 7) is 5.61. The molecule has 0 bridgehead atoms. The first-order chi connectivity index (χ1) is 13.9. The van der Waals surface area contributed by atoms with Crippen molar-refractivity contribution in [1.29, 1.82) is 0 Å². The van der Waals surface area contributed by atoms with Gasteiger partial charge in [-0.05, 0) is 26.2 Å². The molecule has 1 aromatic rings. The first kappa shape index (κ1) is 21.3. The van der Waals surface area contributed by atoms with Crippen LogP contribution < -0.4 is 5.32 Å². The Hall–Kier alpha value is -2.42. The second-order valence-electron chi connectivity index (χ2n) is 7.77. The summed E-state index contributed by atoms with van der Waals surface area (Å²) in [5, 5.41) is 6.33. The van der Waals surface area contributed by atoms with Gasteiger partial charge in [-0.1, -0.05) is 24.9 Å². The van der Waals surface area contributed by atoms with Crippen LogP contribution in [0.4, 0.5) is 5.82 Å². The summed E-state index contributed by atoms with van der Waals surface area (Å²) in [5.41, 5.74) is -0.854. The van der Waals surface area contributed by atoms with Crippen molar-refractivity contribution >= 4 is 23.6 Å². The minimum absolute atomic E-state index is 0.0530. The zero-order valence-corrected chi connectivity index (χ0v) is 17.1. The molecular weight excluding hydrogens is 378 g/mol. The number of ether oxygens (including phenoxy) is 2. The molecule has 0 radical (unpaired) electrons. The first-order valence-electron chi connectivity index (χ1n) is 10.2. The minimum atomic E-state index is -0.949. The van der Waals surface area contributed by atoms with E-state index in [1.807, 2.05) is 0 Å². The number of anilines is 1. The van der Waals surface area contributed by atoms with E-state index in [2.05, 4.69) is 10.5 Å². The quantitative estimate of drug-likeness (QED) is 0.689. The highest BCUT2D eigenvalue weighted by Crippen LogP contribution is 2.43. The van der Waals surface area contributed by atoms with E-state index in [0.29, 0.717) is 51.3 Å². The molecule has 1 N–H and O–H groups in total. The highest BCUT2D eigenvalue weighted by atomic mass is 16.5. The highest BCUT2D eigenvalue weighted by Gasteiger charge is 2.46. The molecule has 2 fully saturated rings. The van der Waals surface area contributed by atoms with E-state index >= 15 is 0 Å². The maximum atomic E-state index is 13.1. The van der Waals surface area contributed by atoms with Gasteiger partial charge in [-0.2, -0.15) is 0 Å². The third kappa shape index (κ3) is 5.14. The van der Waals surface area contributed by atoms with Gasteiger partial charge in [0.15, 0.2) is 11.9 Å². The number of rotatable bonds is 7. The van der Waals surface area contributed by atoms with Crippen LogP contribution in [0.25, 0.3) is 0 Å². The number of hydrogen-bond donors (Lipinski definition) is 1. The molecule has 1 aliphatic heterocycles. The van der Waals surface area contributed by atoms with Gasteiger partial charge in [-0.15, -0.1) is 0 Å². The SMILES string of the molecule is CC[C@H](OC(=O)C1(CC(=O)N2CCOCC2)CCCC1)C(=O)Nc1cc(C)on1. The molecule has 1 saturated carbocycles. The van der Waals surface area contributed by atoms with Gasteiger partial charge in [0.05, 0.1) is 18.6 Å². The number of aromatic nitrogens is 1. The lowest BCUT2D eigenvalue weighted by Crippen LogP contribution is -2.45. The largest absolute Gasteiger partial charge is 0.452 e. The Morgan fingerprint density at radius 3 is 2.55 bits per heavy atom. The van der Waals surface area contributed by atoms with Crippen LogP contribution in [0.15, 0.2) is 10.6 Å². The average Bonchev–Trinajstić information content (AvgIpc) is 3.36. The van der Waals surface area contributed by atoms with Gasteiger partial charge in [-0.3, -0.25) is 14.4 Å². The van der Waals surface area contributed by atoms with Gasteiger partial charge >= 0.3 is 5.97 Å². The summed E-state index contributed by atoms with van der Waals surface area (Å²) in [6, 6.07) is 1.59. The Balaban J connectivity index is 1.64. The first-order valence-corrected chi connectivity index (χ1v) is 10.2. The van der Waals surface area contributed by atoms with Crippen LogP contribution in [0.1, 0.15) is 51.2 Å². The maximum absolute atomic E-state index is 13.1. The van der Waals surface area contributed by atoms with Crippen LogP contribution >= 0.6 is 0 Å². The van der Waals surface area contributed by atoms with Crippen LogP contribution in [0, 0.1) is 12.3 Å². The molecule has 1 saturated heterocycles. The monoisotopic (exact) mass is 407 g/mol. The summed E-state index contributed by atoms with van der Waals surface area (Å²) in [5.74, 6) is -0.128. The molecule has 0 aromatic carbocycles. The van der Waals surface area contributed by atoms with Crippen LogP contribution in [0.3, 0.4) is 0 Å². The second kappa shape index (κ2) is 9.39. The number of nitrogens with zero attached hydrogens (tertiary/aromatic N) is 2. The Labute approximate surface area is 170 Å². The Kier molecular flexibility index (Phi) is 6.89. The predicted molar refractivity (Wildman–Crippen MR) is 103 cm³/mol. The third-order valence-corrected chi connectivity index (χ3v) is 5.64. The summed E-state index contributed by atoms with van der Waals surface area (Å²) < 4.78 is 15.8. The molecular formula is C20H29N3O6. The maximum Gasteiger partial charge on any atom is 0.313 e. The molecule has 2 heterocycles. The van der Waals surface area contributed by atoms with Crippen molar-refractivity contribution < 1.29 is 28.4 Å². The standard InChI is InChI=1S/C20H29N3O6/c1-3-15(18(25)21-16-12-14(2)29-22-16)28-19(26)20(6-4-5-7-20)13-17(24)23-8-10-27-11-9-23/h12,15H,3-11,13H2,1-2H3,(H,21,22,25)/t15-/m0/s1. The van der Waals surface area contributed by atoms with Crippen molar-refractivity contribution in [2.24, 2.45) is 5.41 Å². The van der Waals surface area contributed by atoms with E-state index in [-0.39, 0.29) is 18.1 Å². The molecule has 29 heavy (non-hydrogen) atoms. The molecule has 160 valence electrons. The smallest absolute Gasteiger partial charge is 0.313 e. The van der Waals surface area contributed by atoms with Crippen molar-refractivity contribution in [1.82, 2.24) is 10.1 Å². The molecule has 9 nitrogen and oxygen atoms in total. The van der Waals surface area contributed by atoms with Gasteiger partial charge in [0.2, 0.25) is 5.91 Å². The summed E-state index contributed by atoms with van der Waals surface area (Å²) in [7, 11) is 0. The molecule has 1 aromatic heterocycles. The van der Waals surface area contributed by atoms with Crippen LogP contribution in [0.5, 0.6) is 0 Å². The van der Waals surface area contributed by atoms with Crippen molar-refractivity contribution in [3.05, 3.63) is 11.8 Å². The Morgan fingerprint density at radius 2 is 1.97 bits per heavy atom. The molecule has 2 amide bonds. The fraction of sp³-hybridized carbons (Fsp3) is 0.700. The zero-order valence-electron chi connectivity index (χ0n) is 17.1. The van der Waals surface area contributed by atoms with E-state index in [0.717, 1.165) is 12.8 Å². The normalized spacial score (nSPS) is 19.6. The number of hydrogen-bond acceptors (Lipinski definition) is 7. The van der Waals surface area contributed by atoms with Crippen molar-refractivity contribution in [2.45, 2.75) is 58.5 Å². The van der Waals surface area contributed by atoms with Crippen LogP contribution in [-0.4, -0.2) is 60.2 Å². The predicted octanol–water partition coefficient (Wildman–Crippen LogP) is 2.05. The lowest BCUT2D eigenvalue weighted by atomic mass is 9.82. The number of nitrogens with one attached hydrogen (secondary N) is 1. The third-order valence-electron chi connectivity index (χ3n) is 5.64. The van der Waals surface area contributed by atoms with Gasteiger partial charge < -0.3 is 24.2 Å². The molecule has 0 unspecified atom stereocenters. The second-order valence-corrected chi connectivity index (χ2v) is 7.77. The molecule has 0 spiro atoms. The number of aryl methyl sites for hydroxylation is 1. The zero-order chi connectivity index (χ0) is 20.9. The van der Waals surface area contributed by atoms with Gasteiger partial charge in [-0.25, -0.2) is 0 Å². The van der Waals surface area contributed by atoms with Crippen molar-refractivity contribution in [2.75, 3.05) is 31.6 Å². The topological polar surface area (TPSA) is 111 Å². The van der Waals surface area contributed by atoms with Gasteiger partial charge in [0, 0.05) is 25.6 Å². The molecule has 1 atom stereocenters. The van der Waals surface area contributed by atoms with Gasteiger partial charge in [0.25, 0.3) is 5.91 Å². The molecule has 2 aliphatic rings. The summed E-state index contributed by atoms with van der Waals surface area (Å²) >= 11 is 0. The lowest BCUT2D eigenvalue weighted by Gasteiger charge is -2.32. The molecule has 1 aliphatic carbocycles. The minimum Gasteiger partial charge on any atom is -0.452 e. The molecule has 3 rings (SSSR count). The number of carbonyl (C=O) groups excluding carboxylic acids is 3. The highest BCUT2D eigenvalue weighted by molar-refractivity contribution is 5.95. The fourth-order valence-corrected chi connectivity index (χ4v) is 3.93. The average molecular weight is 407 g/mol.